The second-order valence-corrected chi connectivity index (χ2v) is 6.75. The number of hydrogen-bond acceptors (Lipinski definition) is 3. The molecular weight excluding hydrogens is 286 g/mol. The Labute approximate surface area is 138 Å². The summed E-state index contributed by atoms with van der Waals surface area (Å²) in [6.45, 7) is 9.63. The highest BCUT2D eigenvalue weighted by Crippen LogP contribution is 2.27. The number of aryl methyl sites for hydroxylation is 2. The third kappa shape index (κ3) is 3.33. The SMILES string of the molecule is Cc1cc(C)c(CN2CCC[C@H]2Cn2cccn2)c(C)c1CO. The average Bonchev–Trinajstić information content (AvgIpc) is 3.16. The molecule has 124 valence electrons. The molecule has 0 saturated carbocycles. The highest BCUT2D eigenvalue weighted by molar-refractivity contribution is 5.44. The molecule has 1 aliphatic rings. The first-order valence-corrected chi connectivity index (χ1v) is 8.51. The molecule has 1 aromatic carbocycles. The number of benzene rings is 1. The Morgan fingerprint density at radius 1 is 1.22 bits per heavy atom. The molecule has 3 rings (SSSR count). The summed E-state index contributed by atoms with van der Waals surface area (Å²) in [6, 6.07) is 4.75. The topological polar surface area (TPSA) is 41.3 Å². The zero-order valence-corrected chi connectivity index (χ0v) is 14.4. The van der Waals surface area contributed by atoms with Crippen LogP contribution in [0.5, 0.6) is 0 Å². The maximum absolute atomic E-state index is 9.67. The van der Waals surface area contributed by atoms with E-state index in [1.54, 1.807) is 0 Å². The molecule has 1 N–H and O–H groups in total. The molecule has 1 aromatic heterocycles. The number of aliphatic hydroxyl groups excluding tert-OH is 1. The van der Waals surface area contributed by atoms with Crippen LogP contribution in [0.1, 0.15) is 40.7 Å². The van der Waals surface area contributed by atoms with Crippen LogP contribution in [0.4, 0.5) is 0 Å². The van der Waals surface area contributed by atoms with Crippen LogP contribution >= 0.6 is 0 Å². The standard InChI is InChI=1S/C19H27N3O/c1-14-10-15(2)19(13-23)16(3)18(14)12-21-8-4-6-17(21)11-22-9-5-7-20-22/h5,7,9-10,17,23H,4,6,8,11-13H2,1-3H3/t17-/m0/s1. The summed E-state index contributed by atoms with van der Waals surface area (Å²) in [7, 11) is 0. The minimum Gasteiger partial charge on any atom is -0.392 e. The largest absolute Gasteiger partial charge is 0.392 e. The number of rotatable bonds is 5. The van der Waals surface area contributed by atoms with Crippen molar-refractivity contribution in [2.24, 2.45) is 0 Å². The number of nitrogens with zero attached hydrogens (tertiary/aromatic N) is 3. The van der Waals surface area contributed by atoms with E-state index in [1.807, 2.05) is 23.1 Å². The molecule has 0 bridgehead atoms. The van der Waals surface area contributed by atoms with E-state index in [-0.39, 0.29) is 6.61 Å². The number of aliphatic hydroxyl groups is 1. The molecule has 0 radical (unpaired) electrons. The van der Waals surface area contributed by atoms with Crippen molar-refractivity contribution >= 4 is 0 Å². The van der Waals surface area contributed by atoms with Gasteiger partial charge in [-0.05, 0) is 74.0 Å². The minimum atomic E-state index is 0.127. The summed E-state index contributed by atoms with van der Waals surface area (Å²) >= 11 is 0. The lowest BCUT2D eigenvalue weighted by Crippen LogP contribution is -2.33. The first kappa shape index (κ1) is 16.2. The smallest absolute Gasteiger partial charge is 0.0687 e. The molecule has 4 nitrogen and oxygen atoms in total. The Bertz CT molecular complexity index is 664. The predicted molar refractivity (Wildman–Crippen MR) is 92.2 cm³/mol. The monoisotopic (exact) mass is 313 g/mol. The highest BCUT2D eigenvalue weighted by atomic mass is 16.3. The third-order valence-corrected chi connectivity index (χ3v) is 5.27. The van der Waals surface area contributed by atoms with E-state index in [9.17, 15) is 5.11 Å². The second-order valence-electron chi connectivity index (χ2n) is 6.75. The third-order valence-electron chi connectivity index (χ3n) is 5.27. The molecule has 0 spiro atoms. The minimum absolute atomic E-state index is 0.127. The summed E-state index contributed by atoms with van der Waals surface area (Å²) in [4.78, 5) is 2.58. The first-order valence-electron chi connectivity index (χ1n) is 8.51. The normalized spacial score (nSPS) is 18.7. The summed E-state index contributed by atoms with van der Waals surface area (Å²) in [5.41, 5.74) is 6.26. The van der Waals surface area contributed by atoms with Crippen LogP contribution in [-0.2, 0) is 19.7 Å². The van der Waals surface area contributed by atoms with Gasteiger partial charge in [0.2, 0.25) is 0 Å². The Balaban J connectivity index is 1.80. The van der Waals surface area contributed by atoms with E-state index in [4.69, 9.17) is 0 Å². The Morgan fingerprint density at radius 3 is 2.70 bits per heavy atom. The van der Waals surface area contributed by atoms with Crippen molar-refractivity contribution in [3.63, 3.8) is 0 Å². The molecule has 0 unspecified atom stereocenters. The van der Waals surface area contributed by atoms with Gasteiger partial charge in [-0.15, -0.1) is 0 Å². The molecule has 0 amide bonds. The maximum Gasteiger partial charge on any atom is 0.0687 e. The molecule has 2 heterocycles. The van der Waals surface area contributed by atoms with Gasteiger partial charge in [-0.1, -0.05) is 6.07 Å². The molecule has 1 fully saturated rings. The molecule has 0 aliphatic carbocycles. The lowest BCUT2D eigenvalue weighted by atomic mass is 9.93. The number of likely N-dealkylation sites (tertiary alicyclic amines) is 1. The van der Waals surface area contributed by atoms with Gasteiger partial charge in [0.05, 0.1) is 13.2 Å². The van der Waals surface area contributed by atoms with E-state index < -0.39 is 0 Å². The lowest BCUT2D eigenvalue weighted by molar-refractivity contribution is 0.218. The van der Waals surface area contributed by atoms with Crippen LogP contribution in [0.15, 0.2) is 24.5 Å². The van der Waals surface area contributed by atoms with E-state index in [1.165, 1.54) is 35.1 Å². The molecule has 23 heavy (non-hydrogen) atoms. The van der Waals surface area contributed by atoms with Gasteiger partial charge in [0.15, 0.2) is 0 Å². The number of aromatic nitrogens is 2. The van der Waals surface area contributed by atoms with Gasteiger partial charge in [0, 0.05) is 25.0 Å². The second kappa shape index (κ2) is 6.85. The van der Waals surface area contributed by atoms with E-state index in [2.05, 4.69) is 36.8 Å². The Morgan fingerprint density at radius 2 is 2.00 bits per heavy atom. The summed E-state index contributed by atoms with van der Waals surface area (Å²) in [6.07, 6.45) is 6.38. The first-order chi connectivity index (χ1) is 11.1. The molecule has 1 atom stereocenters. The van der Waals surface area contributed by atoms with Gasteiger partial charge in [-0.25, -0.2) is 0 Å². The summed E-state index contributed by atoms with van der Waals surface area (Å²) < 4.78 is 2.04. The van der Waals surface area contributed by atoms with Crippen molar-refractivity contribution in [2.45, 2.75) is 59.4 Å². The quantitative estimate of drug-likeness (QED) is 0.922. The molecule has 2 aromatic rings. The summed E-state index contributed by atoms with van der Waals surface area (Å²) in [5, 5.41) is 14.0. The van der Waals surface area contributed by atoms with Gasteiger partial charge in [-0.3, -0.25) is 9.58 Å². The van der Waals surface area contributed by atoms with Crippen LogP contribution < -0.4 is 0 Å². The lowest BCUT2D eigenvalue weighted by Gasteiger charge is -2.27. The van der Waals surface area contributed by atoms with Gasteiger partial charge >= 0.3 is 0 Å². The van der Waals surface area contributed by atoms with E-state index >= 15 is 0 Å². The summed E-state index contributed by atoms with van der Waals surface area (Å²) in [5.74, 6) is 0. The Hall–Kier alpha value is -1.65. The van der Waals surface area contributed by atoms with Gasteiger partial charge in [0.25, 0.3) is 0 Å². The van der Waals surface area contributed by atoms with Crippen molar-refractivity contribution in [1.82, 2.24) is 14.7 Å². The molecular formula is C19H27N3O. The van der Waals surface area contributed by atoms with Crippen molar-refractivity contribution < 1.29 is 5.11 Å². The van der Waals surface area contributed by atoms with Gasteiger partial charge < -0.3 is 5.11 Å². The average molecular weight is 313 g/mol. The zero-order chi connectivity index (χ0) is 16.4. The Kier molecular flexibility index (Phi) is 4.83. The zero-order valence-electron chi connectivity index (χ0n) is 14.4. The van der Waals surface area contributed by atoms with Gasteiger partial charge in [-0.2, -0.15) is 5.10 Å². The van der Waals surface area contributed by atoms with Crippen LogP contribution in [0, 0.1) is 20.8 Å². The molecule has 1 saturated heterocycles. The number of hydrogen-bond donors (Lipinski definition) is 1. The van der Waals surface area contributed by atoms with Crippen molar-refractivity contribution in [1.29, 1.82) is 0 Å². The van der Waals surface area contributed by atoms with E-state index in [0.717, 1.165) is 25.2 Å². The fraction of sp³-hybridized carbons (Fsp3) is 0.526. The van der Waals surface area contributed by atoms with E-state index in [0.29, 0.717) is 6.04 Å². The van der Waals surface area contributed by atoms with Crippen LogP contribution in [-0.4, -0.2) is 32.4 Å². The maximum atomic E-state index is 9.67. The fourth-order valence-corrected chi connectivity index (χ4v) is 3.90. The van der Waals surface area contributed by atoms with Crippen molar-refractivity contribution in [2.75, 3.05) is 6.54 Å². The van der Waals surface area contributed by atoms with Crippen LogP contribution in [0.3, 0.4) is 0 Å². The van der Waals surface area contributed by atoms with Crippen LogP contribution in [0.25, 0.3) is 0 Å². The molecule has 1 aliphatic heterocycles. The highest BCUT2D eigenvalue weighted by Gasteiger charge is 2.26. The van der Waals surface area contributed by atoms with Crippen LogP contribution in [0.2, 0.25) is 0 Å². The molecule has 4 heteroatoms. The predicted octanol–water partition coefficient (Wildman–Crippen LogP) is 2.97. The fourth-order valence-electron chi connectivity index (χ4n) is 3.90. The van der Waals surface area contributed by atoms with Crippen molar-refractivity contribution in [3.8, 4) is 0 Å². The van der Waals surface area contributed by atoms with Crippen molar-refractivity contribution in [3.05, 3.63) is 52.3 Å². The van der Waals surface area contributed by atoms with Gasteiger partial charge in [0.1, 0.15) is 0 Å².